The van der Waals surface area contributed by atoms with Crippen molar-refractivity contribution in [2.45, 2.75) is 57.5 Å². The Morgan fingerprint density at radius 2 is 1.96 bits per heavy atom. The first-order valence-electron chi connectivity index (χ1n) is 7.67. The number of phenolic OH excluding ortho intramolecular Hbond substituents is 1. The minimum atomic E-state index is -0.892. The lowest BCUT2D eigenvalue weighted by atomic mass is 9.62. The second-order valence-electron chi connectivity index (χ2n) is 7.06. The van der Waals surface area contributed by atoms with E-state index < -0.39 is 23.1 Å². The maximum atomic E-state index is 12.0. The number of ether oxygens (including phenoxy) is 1. The Bertz CT molecular complexity index is 614. The summed E-state index contributed by atoms with van der Waals surface area (Å²) >= 11 is 0. The van der Waals surface area contributed by atoms with Crippen LogP contribution in [0, 0.1) is 0 Å². The van der Waals surface area contributed by atoms with Crippen molar-refractivity contribution in [2.24, 2.45) is 0 Å². The van der Waals surface area contributed by atoms with Gasteiger partial charge in [-0.2, -0.15) is 0 Å². The summed E-state index contributed by atoms with van der Waals surface area (Å²) in [5, 5.41) is 21.7. The standard InChI is InChI=1S/C17H23NO5/c1-16(2,3)23-15(22)18-13-6-5-11(19)9-12(13)17(7-4-8-17)10-14(20)21/h5-6,9,19H,4,7-8,10H2,1-3H3,(H,18,22)(H,20,21). The van der Waals surface area contributed by atoms with Crippen LogP contribution >= 0.6 is 0 Å². The molecular weight excluding hydrogens is 298 g/mol. The lowest BCUT2D eigenvalue weighted by Gasteiger charge is -2.42. The third-order valence-electron chi connectivity index (χ3n) is 4.01. The van der Waals surface area contributed by atoms with Crippen molar-refractivity contribution in [1.82, 2.24) is 0 Å². The molecule has 0 saturated heterocycles. The van der Waals surface area contributed by atoms with Gasteiger partial charge in [0.15, 0.2) is 0 Å². The molecule has 3 N–H and O–H groups in total. The first-order valence-corrected chi connectivity index (χ1v) is 7.67. The van der Waals surface area contributed by atoms with Crippen LogP contribution < -0.4 is 5.32 Å². The third-order valence-corrected chi connectivity index (χ3v) is 4.01. The molecule has 0 aromatic heterocycles. The van der Waals surface area contributed by atoms with Gasteiger partial charge in [0.05, 0.1) is 6.42 Å². The van der Waals surface area contributed by atoms with E-state index in [-0.39, 0.29) is 12.2 Å². The van der Waals surface area contributed by atoms with E-state index in [1.807, 2.05) is 0 Å². The second kappa shape index (κ2) is 6.10. The number of carboxylic acids is 1. The lowest BCUT2D eigenvalue weighted by molar-refractivity contribution is -0.139. The van der Waals surface area contributed by atoms with E-state index in [0.29, 0.717) is 24.1 Å². The first kappa shape index (κ1) is 17.1. The smallest absolute Gasteiger partial charge is 0.412 e. The molecule has 0 aliphatic heterocycles. The molecule has 23 heavy (non-hydrogen) atoms. The topological polar surface area (TPSA) is 95.9 Å². The number of amides is 1. The van der Waals surface area contributed by atoms with Gasteiger partial charge in [0.2, 0.25) is 0 Å². The Kier molecular flexibility index (Phi) is 4.54. The summed E-state index contributed by atoms with van der Waals surface area (Å²) in [6.45, 7) is 5.30. The molecule has 1 saturated carbocycles. The zero-order valence-corrected chi connectivity index (χ0v) is 13.7. The van der Waals surface area contributed by atoms with Gasteiger partial charge in [-0.3, -0.25) is 10.1 Å². The number of aliphatic carboxylic acids is 1. The molecule has 1 fully saturated rings. The van der Waals surface area contributed by atoms with Gasteiger partial charge in [-0.15, -0.1) is 0 Å². The predicted octanol–water partition coefficient (Wildman–Crippen LogP) is 3.64. The van der Waals surface area contributed by atoms with Crippen molar-refractivity contribution in [3.8, 4) is 5.75 Å². The van der Waals surface area contributed by atoms with Crippen LogP contribution in [0.15, 0.2) is 18.2 Å². The summed E-state index contributed by atoms with van der Waals surface area (Å²) in [6, 6.07) is 4.58. The Labute approximate surface area is 135 Å². The average molecular weight is 321 g/mol. The fourth-order valence-corrected chi connectivity index (χ4v) is 2.93. The van der Waals surface area contributed by atoms with Crippen LogP contribution in [0.2, 0.25) is 0 Å². The highest BCUT2D eigenvalue weighted by atomic mass is 16.6. The summed E-state index contributed by atoms with van der Waals surface area (Å²) in [5.41, 5.74) is -0.0410. The fourth-order valence-electron chi connectivity index (χ4n) is 2.93. The number of hydrogen-bond donors (Lipinski definition) is 3. The Morgan fingerprint density at radius 1 is 1.30 bits per heavy atom. The molecule has 0 bridgehead atoms. The monoisotopic (exact) mass is 321 g/mol. The summed E-state index contributed by atoms with van der Waals surface area (Å²) in [7, 11) is 0. The first-order chi connectivity index (χ1) is 10.6. The van der Waals surface area contributed by atoms with Gasteiger partial charge in [-0.05, 0) is 57.4 Å². The fraction of sp³-hybridized carbons (Fsp3) is 0.529. The highest BCUT2D eigenvalue weighted by Gasteiger charge is 2.42. The minimum Gasteiger partial charge on any atom is -0.508 e. The maximum absolute atomic E-state index is 12.0. The van der Waals surface area contributed by atoms with Gasteiger partial charge in [0.25, 0.3) is 0 Å². The lowest BCUT2D eigenvalue weighted by Crippen LogP contribution is -2.38. The molecule has 0 spiro atoms. The number of carbonyl (C=O) groups excluding carboxylic acids is 1. The van der Waals surface area contributed by atoms with Crippen LogP contribution in [-0.2, 0) is 14.9 Å². The summed E-state index contributed by atoms with van der Waals surface area (Å²) in [5.74, 6) is -0.845. The number of anilines is 1. The number of carbonyl (C=O) groups is 2. The Balaban J connectivity index is 2.31. The molecule has 1 aliphatic rings. The Hall–Kier alpha value is -2.24. The SMILES string of the molecule is CC(C)(C)OC(=O)Nc1ccc(O)cc1C1(CC(=O)O)CCC1. The van der Waals surface area contributed by atoms with Crippen LogP contribution in [0.25, 0.3) is 0 Å². The Morgan fingerprint density at radius 3 is 2.43 bits per heavy atom. The highest BCUT2D eigenvalue weighted by molar-refractivity contribution is 5.87. The van der Waals surface area contributed by atoms with Crippen molar-refractivity contribution in [3.63, 3.8) is 0 Å². The van der Waals surface area contributed by atoms with Crippen molar-refractivity contribution in [2.75, 3.05) is 5.32 Å². The van der Waals surface area contributed by atoms with E-state index in [0.717, 1.165) is 6.42 Å². The van der Waals surface area contributed by atoms with Crippen LogP contribution in [0.4, 0.5) is 10.5 Å². The van der Waals surface area contributed by atoms with Gasteiger partial charge < -0.3 is 14.9 Å². The number of aromatic hydroxyl groups is 1. The maximum Gasteiger partial charge on any atom is 0.412 e. The molecule has 6 nitrogen and oxygen atoms in total. The van der Waals surface area contributed by atoms with E-state index in [9.17, 15) is 19.8 Å². The molecule has 0 heterocycles. The number of carboxylic acid groups (broad SMARTS) is 1. The molecule has 0 unspecified atom stereocenters. The van der Waals surface area contributed by atoms with Gasteiger partial charge in [0.1, 0.15) is 11.4 Å². The van der Waals surface area contributed by atoms with E-state index in [1.165, 1.54) is 12.1 Å². The summed E-state index contributed by atoms with van der Waals surface area (Å²) < 4.78 is 5.24. The number of nitrogens with one attached hydrogen (secondary N) is 1. The largest absolute Gasteiger partial charge is 0.508 e. The molecule has 0 atom stereocenters. The molecule has 1 aliphatic carbocycles. The number of hydrogen-bond acceptors (Lipinski definition) is 4. The molecule has 1 aromatic rings. The summed E-state index contributed by atoms with van der Waals surface area (Å²) in [6.07, 6.45) is 1.72. The third kappa shape index (κ3) is 4.15. The van der Waals surface area contributed by atoms with Crippen molar-refractivity contribution in [3.05, 3.63) is 23.8 Å². The van der Waals surface area contributed by atoms with E-state index in [2.05, 4.69) is 5.32 Å². The second-order valence-corrected chi connectivity index (χ2v) is 7.06. The molecule has 126 valence electrons. The predicted molar refractivity (Wildman–Crippen MR) is 85.7 cm³/mol. The molecule has 2 rings (SSSR count). The highest BCUT2D eigenvalue weighted by Crippen LogP contribution is 2.49. The zero-order chi connectivity index (χ0) is 17.3. The molecule has 1 aromatic carbocycles. The van der Waals surface area contributed by atoms with E-state index >= 15 is 0 Å². The van der Waals surface area contributed by atoms with Crippen molar-refractivity contribution in [1.29, 1.82) is 0 Å². The van der Waals surface area contributed by atoms with Gasteiger partial charge in [-0.25, -0.2) is 4.79 Å². The molecule has 1 amide bonds. The molecule has 0 radical (unpaired) electrons. The van der Waals surface area contributed by atoms with E-state index in [4.69, 9.17) is 4.74 Å². The van der Waals surface area contributed by atoms with Crippen LogP contribution in [0.1, 0.15) is 52.0 Å². The van der Waals surface area contributed by atoms with Gasteiger partial charge in [0, 0.05) is 11.1 Å². The number of rotatable bonds is 4. The van der Waals surface area contributed by atoms with Crippen molar-refractivity contribution >= 4 is 17.7 Å². The molecular formula is C17H23NO5. The molecule has 6 heteroatoms. The van der Waals surface area contributed by atoms with E-state index in [1.54, 1.807) is 26.8 Å². The van der Waals surface area contributed by atoms with Crippen LogP contribution in [-0.4, -0.2) is 27.9 Å². The quantitative estimate of drug-likeness (QED) is 0.736. The van der Waals surface area contributed by atoms with Crippen LogP contribution in [0.3, 0.4) is 0 Å². The zero-order valence-electron chi connectivity index (χ0n) is 13.7. The van der Waals surface area contributed by atoms with Gasteiger partial charge >= 0.3 is 12.1 Å². The van der Waals surface area contributed by atoms with Crippen molar-refractivity contribution < 1.29 is 24.5 Å². The number of benzene rings is 1. The summed E-state index contributed by atoms with van der Waals surface area (Å²) in [4.78, 5) is 23.2. The number of phenols is 1. The average Bonchev–Trinajstić information content (AvgIpc) is 2.33. The normalized spacial score (nSPS) is 16.3. The van der Waals surface area contributed by atoms with Gasteiger partial charge in [-0.1, -0.05) is 6.42 Å². The van der Waals surface area contributed by atoms with Crippen LogP contribution in [0.5, 0.6) is 5.75 Å². The minimum absolute atomic E-state index is 0.0283.